The fraction of sp³-hybridized carbons (Fsp3) is 0.417. The Morgan fingerprint density at radius 3 is 2.88 bits per heavy atom. The van der Waals surface area contributed by atoms with Gasteiger partial charge in [-0.3, -0.25) is 4.79 Å². The van der Waals surface area contributed by atoms with E-state index in [0.29, 0.717) is 11.6 Å². The summed E-state index contributed by atoms with van der Waals surface area (Å²) in [7, 11) is 0. The predicted octanol–water partition coefficient (Wildman–Crippen LogP) is 3.32. The summed E-state index contributed by atoms with van der Waals surface area (Å²) in [6.45, 7) is 4.32. The third kappa shape index (κ3) is 4.66. The molecule has 0 aliphatic heterocycles. The van der Waals surface area contributed by atoms with Crippen LogP contribution >= 0.6 is 27.5 Å². The van der Waals surface area contributed by atoms with Gasteiger partial charge in [0.25, 0.3) is 0 Å². The first-order chi connectivity index (χ1) is 8.04. The molecule has 1 rings (SSSR count). The summed E-state index contributed by atoms with van der Waals surface area (Å²) in [4.78, 5) is 11.2. The first-order valence-corrected chi connectivity index (χ1v) is 6.55. The molecule has 1 aromatic rings. The predicted molar refractivity (Wildman–Crippen MR) is 72.2 cm³/mol. The van der Waals surface area contributed by atoms with Crippen LogP contribution in [0.5, 0.6) is 0 Å². The number of carbonyl (C=O) groups is 1. The molecule has 1 atom stereocenters. The molecule has 3 nitrogen and oxygen atoms in total. The Bertz CT molecular complexity index is 398. The third-order valence-electron chi connectivity index (χ3n) is 2.29. The Hall–Kier alpha value is -0.580. The molecule has 0 aromatic heterocycles. The third-order valence-corrected chi connectivity index (χ3v) is 3.11. The molecule has 0 radical (unpaired) electrons. The van der Waals surface area contributed by atoms with Crippen molar-refractivity contribution in [1.82, 2.24) is 5.32 Å². The quantitative estimate of drug-likeness (QED) is 0.846. The van der Waals surface area contributed by atoms with E-state index < -0.39 is 0 Å². The number of rotatable bonds is 5. The fourth-order valence-electron chi connectivity index (χ4n) is 1.41. The van der Waals surface area contributed by atoms with Crippen LogP contribution in [0.3, 0.4) is 0 Å². The molecule has 0 aliphatic rings. The van der Waals surface area contributed by atoms with Crippen molar-refractivity contribution in [3.05, 3.63) is 33.3 Å². The summed E-state index contributed by atoms with van der Waals surface area (Å²) in [6, 6.07) is 5.68. The molecule has 0 aliphatic carbocycles. The van der Waals surface area contributed by atoms with E-state index in [2.05, 4.69) is 21.2 Å². The summed E-state index contributed by atoms with van der Waals surface area (Å²) in [5.74, 6) is -0.257. The minimum Gasteiger partial charge on any atom is -0.465 e. The first-order valence-electron chi connectivity index (χ1n) is 5.38. The van der Waals surface area contributed by atoms with Crippen molar-refractivity contribution in [3.8, 4) is 0 Å². The monoisotopic (exact) mass is 319 g/mol. The van der Waals surface area contributed by atoms with Gasteiger partial charge < -0.3 is 10.1 Å². The Morgan fingerprint density at radius 1 is 1.59 bits per heavy atom. The summed E-state index contributed by atoms with van der Waals surface area (Å²) < 4.78 is 5.77. The van der Waals surface area contributed by atoms with Gasteiger partial charge in [0.15, 0.2) is 0 Å². The average Bonchev–Trinajstić information content (AvgIpc) is 2.26. The Labute approximate surface area is 115 Å². The second kappa shape index (κ2) is 6.99. The van der Waals surface area contributed by atoms with Gasteiger partial charge in [-0.1, -0.05) is 33.6 Å². The maximum atomic E-state index is 11.2. The van der Waals surface area contributed by atoms with Gasteiger partial charge in [-0.2, -0.15) is 0 Å². The van der Waals surface area contributed by atoms with E-state index in [1.807, 2.05) is 25.1 Å². The highest BCUT2D eigenvalue weighted by Gasteiger charge is 2.11. The highest BCUT2D eigenvalue weighted by Crippen LogP contribution is 2.26. The smallest absolute Gasteiger partial charge is 0.319 e. The molecule has 94 valence electrons. The molecule has 1 unspecified atom stereocenters. The first kappa shape index (κ1) is 14.5. The standard InChI is InChI=1S/C12H15BrClNO2/c1-3-17-12(16)7-15-8(2)10-5-4-9(13)6-11(10)14/h4-6,8,15H,3,7H2,1-2H3. The summed E-state index contributed by atoms with van der Waals surface area (Å²) >= 11 is 9.46. The van der Waals surface area contributed by atoms with Crippen molar-refractivity contribution in [1.29, 1.82) is 0 Å². The molecule has 0 spiro atoms. The van der Waals surface area contributed by atoms with Crippen LogP contribution in [-0.2, 0) is 9.53 Å². The van der Waals surface area contributed by atoms with E-state index in [1.54, 1.807) is 6.92 Å². The Kier molecular flexibility index (Phi) is 5.95. The molecule has 0 bridgehead atoms. The zero-order chi connectivity index (χ0) is 12.8. The normalized spacial score (nSPS) is 12.2. The minimum atomic E-state index is -0.257. The number of carbonyl (C=O) groups excluding carboxylic acids is 1. The van der Waals surface area contributed by atoms with E-state index in [-0.39, 0.29) is 18.6 Å². The summed E-state index contributed by atoms with van der Waals surface area (Å²) in [5.41, 5.74) is 0.958. The van der Waals surface area contributed by atoms with Crippen molar-refractivity contribution in [2.75, 3.05) is 13.2 Å². The Balaban J connectivity index is 2.57. The van der Waals surface area contributed by atoms with Crippen LogP contribution in [0.25, 0.3) is 0 Å². The molecule has 0 saturated heterocycles. The molecule has 0 fully saturated rings. The van der Waals surface area contributed by atoms with Gasteiger partial charge in [0.05, 0.1) is 13.2 Å². The fourth-order valence-corrected chi connectivity index (χ4v) is 2.25. The number of hydrogen-bond acceptors (Lipinski definition) is 3. The number of ether oxygens (including phenoxy) is 1. The number of hydrogen-bond donors (Lipinski definition) is 1. The van der Waals surface area contributed by atoms with E-state index in [4.69, 9.17) is 16.3 Å². The van der Waals surface area contributed by atoms with Crippen LogP contribution in [0.15, 0.2) is 22.7 Å². The van der Waals surface area contributed by atoms with Gasteiger partial charge in [0, 0.05) is 15.5 Å². The van der Waals surface area contributed by atoms with E-state index >= 15 is 0 Å². The van der Waals surface area contributed by atoms with Gasteiger partial charge in [-0.05, 0) is 31.5 Å². The molecule has 0 amide bonds. The molecule has 0 heterocycles. The van der Waals surface area contributed by atoms with Crippen LogP contribution in [0.1, 0.15) is 25.5 Å². The molecular formula is C12H15BrClNO2. The Morgan fingerprint density at radius 2 is 2.29 bits per heavy atom. The number of benzene rings is 1. The second-order valence-corrected chi connectivity index (χ2v) is 4.90. The molecule has 5 heteroatoms. The maximum Gasteiger partial charge on any atom is 0.319 e. The molecule has 17 heavy (non-hydrogen) atoms. The lowest BCUT2D eigenvalue weighted by Gasteiger charge is -2.15. The van der Waals surface area contributed by atoms with Crippen molar-refractivity contribution < 1.29 is 9.53 Å². The minimum absolute atomic E-state index is 0.00000567. The summed E-state index contributed by atoms with van der Waals surface area (Å²) in [5, 5.41) is 3.74. The maximum absolute atomic E-state index is 11.2. The molecule has 1 aromatic carbocycles. The van der Waals surface area contributed by atoms with E-state index in [9.17, 15) is 4.79 Å². The van der Waals surface area contributed by atoms with Crippen LogP contribution in [-0.4, -0.2) is 19.1 Å². The number of esters is 1. The van der Waals surface area contributed by atoms with Gasteiger partial charge in [-0.25, -0.2) is 0 Å². The van der Waals surface area contributed by atoms with Crippen molar-refractivity contribution >= 4 is 33.5 Å². The van der Waals surface area contributed by atoms with Crippen molar-refractivity contribution in [3.63, 3.8) is 0 Å². The second-order valence-electron chi connectivity index (χ2n) is 3.57. The van der Waals surface area contributed by atoms with Crippen LogP contribution < -0.4 is 5.32 Å². The van der Waals surface area contributed by atoms with Crippen LogP contribution in [0.2, 0.25) is 5.02 Å². The topological polar surface area (TPSA) is 38.3 Å². The van der Waals surface area contributed by atoms with E-state index in [0.717, 1.165) is 10.0 Å². The molecule has 1 N–H and O–H groups in total. The number of nitrogens with one attached hydrogen (secondary N) is 1. The van der Waals surface area contributed by atoms with Crippen LogP contribution in [0, 0.1) is 0 Å². The zero-order valence-electron chi connectivity index (χ0n) is 9.80. The van der Waals surface area contributed by atoms with Crippen molar-refractivity contribution in [2.45, 2.75) is 19.9 Å². The lowest BCUT2D eigenvalue weighted by molar-refractivity contribution is -0.142. The van der Waals surface area contributed by atoms with Gasteiger partial charge >= 0.3 is 5.97 Å². The lowest BCUT2D eigenvalue weighted by Crippen LogP contribution is -2.27. The highest BCUT2D eigenvalue weighted by atomic mass is 79.9. The molecule has 0 saturated carbocycles. The average molecular weight is 321 g/mol. The largest absolute Gasteiger partial charge is 0.465 e. The zero-order valence-corrected chi connectivity index (χ0v) is 12.1. The highest BCUT2D eigenvalue weighted by molar-refractivity contribution is 9.10. The van der Waals surface area contributed by atoms with E-state index in [1.165, 1.54) is 0 Å². The van der Waals surface area contributed by atoms with Crippen molar-refractivity contribution in [2.24, 2.45) is 0 Å². The molecular weight excluding hydrogens is 305 g/mol. The summed E-state index contributed by atoms with van der Waals surface area (Å²) in [6.07, 6.45) is 0. The van der Waals surface area contributed by atoms with Gasteiger partial charge in [0.1, 0.15) is 0 Å². The van der Waals surface area contributed by atoms with Crippen LogP contribution in [0.4, 0.5) is 0 Å². The van der Waals surface area contributed by atoms with Gasteiger partial charge in [0.2, 0.25) is 0 Å². The lowest BCUT2D eigenvalue weighted by atomic mass is 10.1. The number of halogens is 2. The van der Waals surface area contributed by atoms with Gasteiger partial charge in [-0.15, -0.1) is 0 Å². The SMILES string of the molecule is CCOC(=O)CNC(C)c1ccc(Br)cc1Cl.